The van der Waals surface area contributed by atoms with Crippen LogP contribution < -0.4 is 0 Å². The molecule has 0 saturated heterocycles. The van der Waals surface area contributed by atoms with E-state index in [-0.39, 0.29) is 6.61 Å². The Bertz CT molecular complexity index is 288. The summed E-state index contributed by atoms with van der Waals surface area (Å²) in [5.74, 6) is 0. The van der Waals surface area contributed by atoms with Crippen molar-refractivity contribution in [2.24, 2.45) is 0 Å². The monoisotopic (exact) mass is 176 g/mol. The van der Waals surface area contributed by atoms with Crippen LogP contribution >= 0.6 is 0 Å². The fraction of sp³-hybridized carbons (Fsp3) is 0.182. The second-order valence-corrected chi connectivity index (χ2v) is 2.67. The average Bonchev–Trinajstić information content (AvgIpc) is 2.19. The van der Waals surface area contributed by atoms with Gasteiger partial charge < -0.3 is 5.11 Å². The predicted molar refractivity (Wildman–Crippen MR) is 52.2 cm³/mol. The number of hydrogen-bond acceptors (Lipinski definition) is 2. The topological polar surface area (TPSA) is 37.3 Å². The molecule has 1 aromatic rings. The van der Waals surface area contributed by atoms with Gasteiger partial charge in [0.2, 0.25) is 0 Å². The fourth-order valence-electron chi connectivity index (χ4n) is 1.18. The van der Waals surface area contributed by atoms with E-state index in [1.165, 1.54) is 6.08 Å². The van der Waals surface area contributed by atoms with Crippen molar-refractivity contribution in [3.05, 3.63) is 42.0 Å². The largest absolute Gasteiger partial charge is 0.396 e. The van der Waals surface area contributed by atoms with Crippen LogP contribution in [0.2, 0.25) is 0 Å². The number of aliphatic hydroxyl groups excluding tert-OH is 1. The molecule has 2 nitrogen and oxygen atoms in total. The molecule has 0 unspecified atom stereocenters. The van der Waals surface area contributed by atoms with Gasteiger partial charge in [-0.15, -0.1) is 0 Å². The first-order chi connectivity index (χ1) is 6.38. The van der Waals surface area contributed by atoms with Crippen LogP contribution in [0, 0.1) is 0 Å². The van der Waals surface area contributed by atoms with E-state index in [4.69, 9.17) is 5.11 Å². The molecule has 0 aliphatic carbocycles. The summed E-state index contributed by atoms with van der Waals surface area (Å²) in [4.78, 5) is 10.3. The van der Waals surface area contributed by atoms with Crippen molar-refractivity contribution in [1.82, 2.24) is 0 Å². The standard InChI is InChI=1S/C11H12O2/c12-8-6-11(7-9-13)10-4-2-1-3-5-10/h1-6,8,13H,7,9H2/b11-6+. The Morgan fingerprint density at radius 1 is 1.31 bits per heavy atom. The van der Waals surface area contributed by atoms with Crippen LogP contribution in [0.4, 0.5) is 0 Å². The van der Waals surface area contributed by atoms with Crippen molar-refractivity contribution in [2.75, 3.05) is 6.61 Å². The van der Waals surface area contributed by atoms with Crippen LogP contribution in [0.15, 0.2) is 36.4 Å². The highest BCUT2D eigenvalue weighted by Gasteiger charge is 1.98. The molecule has 13 heavy (non-hydrogen) atoms. The molecule has 0 radical (unpaired) electrons. The maximum absolute atomic E-state index is 10.3. The summed E-state index contributed by atoms with van der Waals surface area (Å²) in [5, 5.41) is 8.77. The summed E-state index contributed by atoms with van der Waals surface area (Å²) >= 11 is 0. The number of rotatable bonds is 4. The van der Waals surface area contributed by atoms with E-state index in [0.29, 0.717) is 6.42 Å². The van der Waals surface area contributed by atoms with Crippen molar-refractivity contribution in [3.63, 3.8) is 0 Å². The molecule has 0 aliphatic rings. The van der Waals surface area contributed by atoms with Crippen LogP contribution in [0.25, 0.3) is 5.57 Å². The second kappa shape index (κ2) is 5.27. The molecular weight excluding hydrogens is 164 g/mol. The third-order valence-electron chi connectivity index (χ3n) is 1.79. The first kappa shape index (κ1) is 9.68. The van der Waals surface area contributed by atoms with Crippen molar-refractivity contribution in [3.8, 4) is 0 Å². The molecule has 0 saturated carbocycles. The minimum absolute atomic E-state index is 0.0641. The predicted octanol–water partition coefficient (Wildman–Crippen LogP) is 1.65. The molecule has 0 aromatic heterocycles. The molecule has 1 N–H and O–H groups in total. The lowest BCUT2D eigenvalue weighted by Crippen LogP contribution is -1.89. The minimum Gasteiger partial charge on any atom is -0.396 e. The Morgan fingerprint density at radius 3 is 2.54 bits per heavy atom. The van der Waals surface area contributed by atoms with Gasteiger partial charge in [0.25, 0.3) is 0 Å². The lowest BCUT2D eigenvalue weighted by atomic mass is 10.0. The van der Waals surface area contributed by atoms with Gasteiger partial charge in [-0.1, -0.05) is 30.3 Å². The first-order valence-corrected chi connectivity index (χ1v) is 4.19. The highest BCUT2D eigenvalue weighted by atomic mass is 16.3. The Kier molecular flexibility index (Phi) is 3.93. The van der Waals surface area contributed by atoms with Crippen molar-refractivity contribution >= 4 is 11.9 Å². The van der Waals surface area contributed by atoms with Crippen molar-refractivity contribution in [1.29, 1.82) is 0 Å². The summed E-state index contributed by atoms with van der Waals surface area (Å²) in [6, 6.07) is 9.58. The van der Waals surface area contributed by atoms with Gasteiger partial charge in [0, 0.05) is 6.61 Å². The lowest BCUT2D eigenvalue weighted by molar-refractivity contribution is -0.104. The summed E-state index contributed by atoms with van der Waals surface area (Å²) in [5.41, 5.74) is 1.86. The second-order valence-electron chi connectivity index (χ2n) is 2.67. The molecule has 0 fully saturated rings. The quantitative estimate of drug-likeness (QED) is 0.559. The van der Waals surface area contributed by atoms with Gasteiger partial charge in [-0.25, -0.2) is 0 Å². The summed E-state index contributed by atoms with van der Waals surface area (Å²) in [6.45, 7) is 0.0641. The van der Waals surface area contributed by atoms with Gasteiger partial charge in [-0.3, -0.25) is 4.79 Å². The number of carbonyl (C=O) groups excluding carboxylic acids is 1. The van der Waals surface area contributed by atoms with Gasteiger partial charge in [0.15, 0.2) is 0 Å². The zero-order valence-electron chi connectivity index (χ0n) is 7.31. The van der Waals surface area contributed by atoms with E-state index in [1.807, 2.05) is 30.3 Å². The van der Waals surface area contributed by atoms with Gasteiger partial charge in [0.05, 0.1) is 0 Å². The molecule has 0 aliphatic heterocycles. The zero-order chi connectivity index (χ0) is 9.52. The Labute approximate surface area is 77.5 Å². The highest BCUT2D eigenvalue weighted by molar-refractivity contribution is 5.81. The van der Waals surface area contributed by atoms with E-state index >= 15 is 0 Å². The van der Waals surface area contributed by atoms with Gasteiger partial charge in [0.1, 0.15) is 6.29 Å². The molecule has 1 aromatic carbocycles. The number of allylic oxidation sites excluding steroid dienone is 1. The normalized spacial score (nSPS) is 11.3. The lowest BCUT2D eigenvalue weighted by Gasteiger charge is -2.03. The van der Waals surface area contributed by atoms with E-state index in [1.54, 1.807) is 0 Å². The van der Waals surface area contributed by atoms with Crippen LogP contribution in [-0.2, 0) is 4.79 Å². The summed E-state index contributed by atoms with van der Waals surface area (Å²) in [6.07, 6.45) is 2.76. The van der Waals surface area contributed by atoms with E-state index in [2.05, 4.69) is 0 Å². The van der Waals surface area contributed by atoms with E-state index in [9.17, 15) is 4.79 Å². The van der Waals surface area contributed by atoms with Gasteiger partial charge in [-0.2, -0.15) is 0 Å². The number of aliphatic hydroxyl groups is 1. The summed E-state index contributed by atoms with van der Waals surface area (Å²) < 4.78 is 0. The Balaban J connectivity index is 2.89. The molecule has 68 valence electrons. The first-order valence-electron chi connectivity index (χ1n) is 4.19. The van der Waals surface area contributed by atoms with E-state index in [0.717, 1.165) is 17.4 Å². The van der Waals surface area contributed by atoms with Crippen LogP contribution in [0.5, 0.6) is 0 Å². The summed E-state index contributed by atoms with van der Waals surface area (Å²) in [7, 11) is 0. The molecule has 0 spiro atoms. The number of benzene rings is 1. The SMILES string of the molecule is O=C/C=C(\CCO)c1ccccc1. The molecule has 2 heteroatoms. The number of carbonyl (C=O) groups is 1. The maximum atomic E-state index is 10.3. The molecule has 0 heterocycles. The van der Waals surface area contributed by atoms with Gasteiger partial charge >= 0.3 is 0 Å². The van der Waals surface area contributed by atoms with Crippen molar-refractivity contribution in [2.45, 2.75) is 6.42 Å². The maximum Gasteiger partial charge on any atom is 0.143 e. The van der Waals surface area contributed by atoms with Crippen LogP contribution in [-0.4, -0.2) is 18.0 Å². The number of hydrogen-bond donors (Lipinski definition) is 1. The fourth-order valence-corrected chi connectivity index (χ4v) is 1.18. The molecular formula is C11H12O2. The number of aldehydes is 1. The molecule has 0 atom stereocenters. The minimum atomic E-state index is 0.0641. The zero-order valence-corrected chi connectivity index (χ0v) is 7.31. The molecule has 0 amide bonds. The highest BCUT2D eigenvalue weighted by Crippen LogP contribution is 2.16. The third-order valence-corrected chi connectivity index (χ3v) is 1.79. The Hall–Kier alpha value is -1.41. The van der Waals surface area contributed by atoms with Crippen LogP contribution in [0.1, 0.15) is 12.0 Å². The smallest absolute Gasteiger partial charge is 0.143 e. The molecule has 0 bridgehead atoms. The average molecular weight is 176 g/mol. The van der Waals surface area contributed by atoms with Crippen molar-refractivity contribution < 1.29 is 9.90 Å². The molecule has 1 rings (SSSR count). The van der Waals surface area contributed by atoms with Crippen LogP contribution in [0.3, 0.4) is 0 Å². The third kappa shape index (κ3) is 2.84. The van der Waals surface area contributed by atoms with Gasteiger partial charge in [-0.05, 0) is 23.6 Å². The van der Waals surface area contributed by atoms with E-state index < -0.39 is 0 Å². The Morgan fingerprint density at radius 2 is 2.00 bits per heavy atom.